The number of methoxy groups -OCH3 is 2. The van der Waals surface area contributed by atoms with Crippen molar-refractivity contribution >= 4 is 0 Å². The van der Waals surface area contributed by atoms with Gasteiger partial charge >= 0.3 is 0 Å². The van der Waals surface area contributed by atoms with Gasteiger partial charge in [0.1, 0.15) is 17.0 Å². The van der Waals surface area contributed by atoms with Crippen LogP contribution >= 0.6 is 0 Å². The highest BCUT2D eigenvalue weighted by atomic mass is 16.5. The van der Waals surface area contributed by atoms with Gasteiger partial charge in [-0.2, -0.15) is 0 Å². The summed E-state index contributed by atoms with van der Waals surface area (Å²) in [5.74, 6) is 1.37. The Bertz CT molecular complexity index is 767. The summed E-state index contributed by atoms with van der Waals surface area (Å²) in [5.41, 5.74) is 10.8. The normalized spacial score (nSPS) is 11.1. The van der Waals surface area contributed by atoms with Gasteiger partial charge in [-0.1, -0.05) is 66.7 Å². The zero-order chi connectivity index (χ0) is 17.0. The summed E-state index contributed by atoms with van der Waals surface area (Å²) in [6.45, 7) is 0. The first-order valence-electron chi connectivity index (χ1n) is 7.79. The van der Waals surface area contributed by atoms with Gasteiger partial charge in [0.25, 0.3) is 0 Å². The Morgan fingerprint density at radius 3 is 1.50 bits per heavy atom. The lowest BCUT2D eigenvalue weighted by molar-refractivity contribution is 0.388. The number of benzene rings is 3. The third kappa shape index (κ3) is 2.63. The first-order valence-corrected chi connectivity index (χ1v) is 7.79. The molecule has 0 amide bonds. The van der Waals surface area contributed by atoms with E-state index in [0.717, 1.165) is 16.7 Å². The van der Waals surface area contributed by atoms with Gasteiger partial charge in [0.05, 0.1) is 14.2 Å². The Hall–Kier alpha value is -2.78. The number of rotatable bonds is 5. The maximum Gasteiger partial charge on any atom is 0.124 e. The summed E-state index contributed by atoms with van der Waals surface area (Å²) in [6.07, 6.45) is 0. The van der Waals surface area contributed by atoms with Crippen molar-refractivity contribution in [1.29, 1.82) is 0 Å². The second-order valence-electron chi connectivity index (χ2n) is 5.52. The molecule has 1 N–H and O–H groups in total. The maximum absolute atomic E-state index is 9.47. The van der Waals surface area contributed by atoms with Crippen molar-refractivity contribution in [2.75, 3.05) is 14.2 Å². The molecule has 3 aromatic rings. The average Bonchev–Trinajstić information content (AvgIpc) is 2.68. The zero-order valence-corrected chi connectivity index (χ0v) is 13.8. The average molecular weight is 318 g/mol. The number of para-hydroxylation sites is 2. The van der Waals surface area contributed by atoms with E-state index in [9.17, 15) is 5.73 Å². The van der Waals surface area contributed by atoms with Gasteiger partial charge in [-0.3, -0.25) is 0 Å². The molecule has 0 aromatic heterocycles. The summed E-state index contributed by atoms with van der Waals surface area (Å²) in [5, 5.41) is 0. The lowest BCUT2D eigenvalue weighted by Gasteiger charge is -2.32. The third-order valence-electron chi connectivity index (χ3n) is 4.23. The molecule has 3 aromatic carbocycles. The minimum Gasteiger partial charge on any atom is -0.496 e. The molecule has 3 nitrogen and oxygen atoms in total. The smallest absolute Gasteiger partial charge is 0.124 e. The highest BCUT2D eigenvalue weighted by Gasteiger charge is 2.37. The van der Waals surface area contributed by atoms with Crippen LogP contribution in [0.5, 0.6) is 11.5 Å². The summed E-state index contributed by atoms with van der Waals surface area (Å²) < 4.78 is 11.1. The van der Waals surface area contributed by atoms with E-state index in [4.69, 9.17) is 9.47 Å². The molecule has 121 valence electrons. The summed E-state index contributed by atoms with van der Waals surface area (Å²) in [6, 6.07) is 25.1. The Labute approximate surface area is 142 Å². The van der Waals surface area contributed by atoms with Gasteiger partial charge in [0, 0.05) is 11.1 Å². The molecule has 0 aliphatic carbocycles. The summed E-state index contributed by atoms with van der Waals surface area (Å²) >= 11 is 0. The fraction of sp³-hybridized carbons (Fsp3) is 0.143. The highest BCUT2D eigenvalue weighted by Crippen LogP contribution is 2.43. The van der Waals surface area contributed by atoms with E-state index in [2.05, 4.69) is 0 Å². The van der Waals surface area contributed by atoms with Gasteiger partial charge < -0.3 is 9.47 Å². The fourth-order valence-corrected chi connectivity index (χ4v) is 3.05. The largest absolute Gasteiger partial charge is 0.496 e. The quantitative estimate of drug-likeness (QED) is 0.659. The van der Waals surface area contributed by atoms with E-state index in [1.807, 2.05) is 78.9 Å². The van der Waals surface area contributed by atoms with Crippen LogP contribution in [0, 0.1) is 0 Å². The predicted octanol–water partition coefficient (Wildman–Crippen LogP) is 4.28. The SMILES string of the molecule is COc1ccccc1C([NH])(c1ccccc1)c1ccccc1OC. The molecule has 0 fully saturated rings. The number of hydrogen-bond donors (Lipinski definition) is 0. The van der Waals surface area contributed by atoms with Crippen molar-refractivity contribution in [3.63, 3.8) is 0 Å². The van der Waals surface area contributed by atoms with Crippen LogP contribution in [0.3, 0.4) is 0 Å². The summed E-state index contributed by atoms with van der Waals surface area (Å²) in [7, 11) is 3.26. The van der Waals surface area contributed by atoms with E-state index in [-0.39, 0.29) is 0 Å². The Morgan fingerprint density at radius 2 is 1.04 bits per heavy atom. The highest BCUT2D eigenvalue weighted by molar-refractivity contribution is 5.57. The zero-order valence-electron chi connectivity index (χ0n) is 13.8. The fourth-order valence-electron chi connectivity index (χ4n) is 3.05. The first-order chi connectivity index (χ1) is 11.7. The molecule has 0 saturated heterocycles. The van der Waals surface area contributed by atoms with Crippen LogP contribution in [-0.4, -0.2) is 14.2 Å². The number of nitrogens with one attached hydrogen (secondary N) is 1. The van der Waals surface area contributed by atoms with Crippen LogP contribution in [0.15, 0.2) is 78.9 Å². The molecule has 0 atom stereocenters. The number of hydrogen-bond acceptors (Lipinski definition) is 2. The molecule has 3 heteroatoms. The van der Waals surface area contributed by atoms with Gasteiger partial charge in [-0.15, -0.1) is 0 Å². The Balaban J connectivity index is 2.34. The molecule has 0 spiro atoms. The maximum atomic E-state index is 9.47. The van der Waals surface area contributed by atoms with E-state index in [1.54, 1.807) is 14.2 Å². The second kappa shape index (κ2) is 6.77. The molecule has 1 radical (unpaired) electrons. The molecule has 0 unspecified atom stereocenters. The van der Waals surface area contributed by atoms with Crippen molar-refractivity contribution in [2.45, 2.75) is 5.54 Å². The molecule has 3 rings (SSSR count). The van der Waals surface area contributed by atoms with Gasteiger partial charge in [-0.05, 0) is 17.7 Å². The molecule has 0 bridgehead atoms. The minimum atomic E-state index is -1.14. The van der Waals surface area contributed by atoms with Crippen LogP contribution in [0.2, 0.25) is 0 Å². The first kappa shape index (κ1) is 16.1. The van der Waals surface area contributed by atoms with Crippen LogP contribution in [-0.2, 0) is 5.54 Å². The Morgan fingerprint density at radius 1 is 0.625 bits per heavy atom. The molecular formula is C21H20NO2. The van der Waals surface area contributed by atoms with Crippen LogP contribution in [0.4, 0.5) is 0 Å². The second-order valence-corrected chi connectivity index (χ2v) is 5.52. The van der Waals surface area contributed by atoms with Crippen LogP contribution < -0.4 is 15.2 Å². The van der Waals surface area contributed by atoms with Crippen LogP contribution in [0.25, 0.3) is 0 Å². The van der Waals surface area contributed by atoms with Crippen molar-refractivity contribution in [3.05, 3.63) is 95.6 Å². The monoisotopic (exact) mass is 318 g/mol. The topological polar surface area (TPSA) is 42.3 Å². The lowest BCUT2D eigenvalue weighted by atomic mass is 9.77. The molecule has 0 saturated carbocycles. The minimum absolute atomic E-state index is 0.683. The van der Waals surface area contributed by atoms with E-state index < -0.39 is 5.54 Å². The molecule has 0 aliphatic heterocycles. The van der Waals surface area contributed by atoms with Crippen molar-refractivity contribution < 1.29 is 9.47 Å². The van der Waals surface area contributed by atoms with E-state index in [1.165, 1.54) is 0 Å². The van der Waals surface area contributed by atoms with Gasteiger partial charge in [-0.25, -0.2) is 5.73 Å². The molecule has 24 heavy (non-hydrogen) atoms. The molecule has 0 heterocycles. The van der Waals surface area contributed by atoms with Gasteiger partial charge in [0.2, 0.25) is 0 Å². The van der Waals surface area contributed by atoms with E-state index >= 15 is 0 Å². The molecule has 0 aliphatic rings. The van der Waals surface area contributed by atoms with Crippen molar-refractivity contribution in [1.82, 2.24) is 5.73 Å². The molecular weight excluding hydrogens is 298 g/mol. The predicted molar refractivity (Wildman–Crippen MR) is 95.4 cm³/mol. The van der Waals surface area contributed by atoms with Crippen molar-refractivity contribution in [3.8, 4) is 11.5 Å². The summed E-state index contributed by atoms with van der Waals surface area (Å²) in [4.78, 5) is 0. The Kier molecular flexibility index (Phi) is 4.54. The van der Waals surface area contributed by atoms with Crippen molar-refractivity contribution in [2.24, 2.45) is 0 Å². The lowest BCUT2D eigenvalue weighted by Crippen LogP contribution is -2.32. The van der Waals surface area contributed by atoms with E-state index in [0.29, 0.717) is 11.5 Å². The van der Waals surface area contributed by atoms with Crippen LogP contribution in [0.1, 0.15) is 16.7 Å². The third-order valence-corrected chi connectivity index (χ3v) is 4.23. The van der Waals surface area contributed by atoms with Gasteiger partial charge in [0.15, 0.2) is 0 Å². The standard InChI is InChI=1S/C21H20NO2/c1-23-19-14-8-6-12-17(19)21(22,16-10-4-3-5-11-16)18-13-7-9-15-20(18)24-2/h3-15,22H,1-2H3. The number of ether oxygens (including phenoxy) is 2.